The van der Waals surface area contributed by atoms with Crippen molar-refractivity contribution in [2.45, 2.75) is 25.7 Å². The second-order valence-corrected chi connectivity index (χ2v) is 4.36. The molecule has 92 valence electrons. The van der Waals surface area contributed by atoms with Crippen molar-refractivity contribution in [3.8, 4) is 0 Å². The molecule has 1 aliphatic rings. The monoisotopic (exact) mass is 226 g/mol. The molecule has 0 aromatic heterocycles. The largest absolute Gasteiger partial charge is 0.405 e. The Bertz CT molecular complexity index is 246. The average molecular weight is 226 g/mol. The van der Waals surface area contributed by atoms with Crippen LogP contribution in [0.4, 0.5) is 0 Å². The van der Waals surface area contributed by atoms with Crippen LogP contribution in [0, 0.1) is 5.41 Å². The van der Waals surface area contributed by atoms with Crippen molar-refractivity contribution in [1.29, 1.82) is 0 Å². The van der Waals surface area contributed by atoms with E-state index in [1.807, 2.05) is 6.08 Å². The first kappa shape index (κ1) is 13.0. The molecular formula is C11H22N4O. The number of hydrogen-bond donors (Lipinski definition) is 4. The molecule has 0 saturated carbocycles. The molecule has 6 N–H and O–H groups in total. The number of nitrogens with one attached hydrogen (secondary N) is 2. The Labute approximate surface area is 96.6 Å². The second-order valence-electron chi connectivity index (χ2n) is 4.36. The first-order valence-electron chi connectivity index (χ1n) is 5.77. The molecule has 1 amide bonds. The summed E-state index contributed by atoms with van der Waals surface area (Å²) in [6.45, 7) is 2.14. The smallest absolute Gasteiger partial charge is 0.221 e. The molecule has 0 bridgehead atoms. The quantitative estimate of drug-likeness (QED) is 0.482. The van der Waals surface area contributed by atoms with Gasteiger partial charge in [-0.2, -0.15) is 0 Å². The third-order valence-corrected chi connectivity index (χ3v) is 3.19. The molecule has 5 nitrogen and oxygen atoms in total. The second kappa shape index (κ2) is 6.50. The summed E-state index contributed by atoms with van der Waals surface area (Å²) in [6, 6.07) is 0. The molecule has 0 spiro atoms. The number of hydrogen-bond acceptors (Lipinski definition) is 4. The van der Waals surface area contributed by atoms with Gasteiger partial charge in [-0.1, -0.05) is 6.08 Å². The Balaban J connectivity index is 2.58. The van der Waals surface area contributed by atoms with E-state index in [1.165, 1.54) is 0 Å². The van der Waals surface area contributed by atoms with Gasteiger partial charge in [0.1, 0.15) is 0 Å². The van der Waals surface area contributed by atoms with Gasteiger partial charge >= 0.3 is 0 Å². The molecule has 0 radical (unpaired) electrons. The van der Waals surface area contributed by atoms with Gasteiger partial charge in [0.05, 0.1) is 6.67 Å². The van der Waals surface area contributed by atoms with Gasteiger partial charge in [0.2, 0.25) is 5.91 Å². The van der Waals surface area contributed by atoms with Gasteiger partial charge in [-0.15, -0.1) is 0 Å². The van der Waals surface area contributed by atoms with E-state index >= 15 is 0 Å². The summed E-state index contributed by atoms with van der Waals surface area (Å²) in [6.07, 6.45) is 6.93. The van der Waals surface area contributed by atoms with E-state index in [1.54, 1.807) is 6.20 Å². The van der Waals surface area contributed by atoms with Gasteiger partial charge < -0.3 is 22.1 Å². The minimum Gasteiger partial charge on any atom is -0.405 e. The van der Waals surface area contributed by atoms with Crippen LogP contribution in [0.5, 0.6) is 0 Å². The fourth-order valence-electron chi connectivity index (χ4n) is 2.25. The van der Waals surface area contributed by atoms with Crippen LogP contribution < -0.4 is 22.1 Å². The summed E-state index contributed by atoms with van der Waals surface area (Å²) in [4.78, 5) is 11.6. The molecule has 1 aliphatic heterocycles. The maximum atomic E-state index is 11.6. The topological polar surface area (TPSA) is 93.2 Å². The molecule has 0 atom stereocenters. The highest BCUT2D eigenvalue weighted by atomic mass is 16.1. The van der Waals surface area contributed by atoms with Crippen LogP contribution in [-0.4, -0.2) is 25.7 Å². The zero-order valence-electron chi connectivity index (χ0n) is 9.67. The number of carbonyl (C=O) groups excluding carboxylic acids is 1. The lowest BCUT2D eigenvalue weighted by molar-refractivity contribution is -0.123. The first-order valence-corrected chi connectivity index (χ1v) is 5.77. The molecular weight excluding hydrogens is 204 g/mol. The maximum absolute atomic E-state index is 11.6. The first-order chi connectivity index (χ1) is 7.72. The molecule has 16 heavy (non-hydrogen) atoms. The van der Waals surface area contributed by atoms with Gasteiger partial charge in [0.25, 0.3) is 0 Å². The van der Waals surface area contributed by atoms with E-state index in [9.17, 15) is 4.79 Å². The number of amides is 1. The fourth-order valence-corrected chi connectivity index (χ4v) is 2.25. The Morgan fingerprint density at radius 3 is 2.69 bits per heavy atom. The third-order valence-electron chi connectivity index (χ3n) is 3.19. The molecule has 0 aromatic rings. The van der Waals surface area contributed by atoms with Crippen molar-refractivity contribution in [3.05, 3.63) is 12.3 Å². The average Bonchev–Trinajstić information content (AvgIpc) is 2.28. The van der Waals surface area contributed by atoms with Crippen molar-refractivity contribution in [1.82, 2.24) is 10.6 Å². The SMILES string of the molecule is N/C=C\CC1(CC(=O)NCN)CCNCC1. The van der Waals surface area contributed by atoms with Crippen LogP contribution in [0.2, 0.25) is 0 Å². The normalized spacial score (nSPS) is 19.8. The predicted octanol–water partition coefficient (Wildman–Crippen LogP) is -0.359. The predicted molar refractivity (Wildman–Crippen MR) is 64.3 cm³/mol. The Kier molecular flexibility index (Phi) is 5.28. The van der Waals surface area contributed by atoms with Crippen LogP contribution in [-0.2, 0) is 4.79 Å². The molecule has 0 aromatic carbocycles. The van der Waals surface area contributed by atoms with Crippen LogP contribution >= 0.6 is 0 Å². The van der Waals surface area contributed by atoms with Crippen molar-refractivity contribution in [3.63, 3.8) is 0 Å². The highest BCUT2D eigenvalue weighted by Crippen LogP contribution is 2.36. The lowest BCUT2D eigenvalue weighted by Crippen LogP contribution is -2.41. The Morgan fingerprint density at radius 2 is 2.12 bits per heavy atom. The van der Waals surface area contributed by atoms with Gasteiger partial charge in [0.15, 0.2) is 0 Å². The number of nitrogens with two attached hydrogens (primary N) is 2. The Morgan fingerprint density at radius 1 is 1.44 bits per heavy atom. The lowest BCUT2D eigenvalue weighted by atomic mass is 9.73. The minimum atomic E-state index is 0.0369. The summed E-state index contributed by atoms with van der Waals surface area (Å²) < 4.78 is 0. The van der Waals surface area contributed by atoms with Crippen molar-refractivity contribution >= 4 is 5.91 Å². The highest BCUT2D eigenvalue weighted by molar-refractivity contribution is 5.76. The van der Waals surface area contributed by atoms with Gasteiger partial charge in [0, 0.05) is 6.42 Å². The van der Waals surface area contributed by atoms with Crippen LogP contribution in [0.1, 0.15) is 25.7 Å². The summed E-state index contributed by atoms with van der Waals surface area (Å²) in [5.74, 6) is 0.0369. The zero-order valence-corrected chi connectivity index (χ0v) is 9.67. The number of piperidine rings is 1. The van der Waals surface area contributed by atoms with E-state index in [-0.39, 0.29) is 18.0 Å². The summed E-state index contributed by atoms with van der Waals surface area (Å²) in [7, 11) is 0. The molecule has 1 heterocycles. The third kappa shape index (κ3) is 3.83. The number of allylic oxidation sites excluding steroid dienone is 1. The van der Waals surface area contributed by atoms with E-state index < -0.39 is 0 Å². The zero-order chi connectivity index (χ0) is 11.9. The molecule has 1 rings (SSSR count). The number of carbonyl (C=O) groups is 1. The van der Waals surface area contributed by atoms with Gasteiger partial charge in [-0.25, -0.2) is 0 Å². The standard InChI is InChI=1S/C11H22N4O/c12-5-1-2-11(3-6-14-7-4-11)8-10(16)15-9-13/h1,5,14H,2-4,6-9,12-13H2,(H,15,16)/b5-1-. The molecule has 1 saturated heterocycles. The van der Waals surface area contributed by atoms with Crippen molar-refractivity contribution in [2.24, 2.45) is 16.9 Å². The summed E-state index contributed by atoms with van der Waals surface area (Å²) in [5.41, 5.74) is 10.7. The van der Waals surface area contributed by atoms with Crippen molar-refractivity contribution in [2.75, 3.05) is 19.8 Å². The van der Waals surface area contributed by atoms with Gasteiger partial charge in [-0.05, 0) is 44.0 Å². The van der Waals surface area contributed by atoms with E-state index in [0.717, 1.165) is 32.4 Å². The van der Waals surface area contributed by atoms with E-state index in [2.05, 4.69) is 10.6 Å². The van der Waals surface area contributed by atoms with E-state index in [0.29, 0.717) is 6.42 Å². The fraction of sp³-hybridized carbons (Fsp3) is 0.727. The van der Waals surface area contributed by atoms with Gasteiger partial charge in [-0.3, -0.25) is 4.79 Å². The summed E-state index contributed by atoms with van der Waals surface area (Å²) >= 11 is 0. The number of rotatable bonds is 5. The lowest BCUT2D eigenvalue weighted by Gasteiger charge is -2.36. The van der Waals surface area contributed by atoms with Crippen LogP contribution in [0.15, 0.2) is 12.3 Å². The van der Waals surface area contributed by atoms with Crippen LogP contribution in [0.25, 0.3) is 0 Å². The maximum Gasteiger partial charge on any atom is 0.221 e. The van der Waals surface area contributed by atoms with Crippen molar-refractivity contribution < 1.29 is 4.79 Å². The molecule has 5 heteroatoms. The van der Waals surface area contributed by atoms with E-state index in [4.69, 9.17) is 11.5 Å². The molecule has 0 unspecified atom stereocenters. The Hall–Kier alpha value is -1.07. The summed E-state index contributed by atoms with van der Waals surface area (Å²) in [5, 5.41) is 5.97. The minimum absolute atomic E-state index is 0.0369. The highest BCUT2D eigenvalue weighted by Gasteiger charge is 2.32. The molecule has 1 fully saturated rings. The molecule has 0 aliphatic carbocycles. The van der Waals surface area contributed by atoms with Crippen LogP contribution in [0.3, 0.4) is 0 Å².